The number of aliphatic hydroxyl groups excluding tert-OH is 2. The predicted octanol–water partition coefficient (Wildman–Crippen LogP) is -0.508. The Morgan fingerprint density at radius 1 is 1.32 bits per heavy atom. The summed E-state index contributed by atoms with van der Waals surface area (Å²) in [5, 5.41) is 23.6. The highest BCUT2D eigenvalue weighted by Gasteiger charge is 2.24. The number of hydrogen-bond donors (Lipinski definition) is 5. The van der Waals surface area contributed by atoms with Gasteiger partial charge < -0.3 is 21.3 Å². The number of amides is 4. The third kappa shape index (κ3) is 4.54. The maximum atomic E-state index is 12.1. The van der Waals surface area contributed by atoms with Crippen molar-refractivity contribution in [3.63, 3.8) is 0 Å². The minimum Gasteiger partial charge on any atom is -0.370 e. The molecule has 1 aromatic rings. The molecule has 0 radical (unpaired) electrons. The summed E-state index contributed by atoms with van der Waals surface area (Å²) in [5.74, 6) is -0.0317. The average molecular weight is 308 g/mol. The Labute approximate surface area is 126 Å². The second-order valence-electron chi connectivity index (χ2n) is 3.90. The average Bonchev–Trinajstić information content (AvgIpc) is 2.46. The van der Waals surface area contributed by atoms with Crippen molar-refractivity contribution in [2.45, 2.75) is 12.5 Å². The number of urea groups is 2. The Bertz CT molecular complexity index is 578. The van der Waals surface area contributed by atoms with Crippen molar-refractivity contribution in [3.05, 3.63) is 37.7 Å². The lowest BCUT2D eigenvalue weighted by atomic mass is 10.4. The Morgan fingerprint density at radius 3 is 2.55 bits per heavy atom. The van der Waals surface area contributed by atoms with E-state index in [0.717, 1.165) is 23.4 Å². The van der Waals surface area contributed by atoms with Crippen LogP contribution in [-0.2, 0) is 0 Å². The van der Waals surface area contributed by atoms with Gasteiger partial charge in [0.05, 0.1) is 0 Å². The molecule has 0 bridgehead atoms. The van der Waals surface area contributed by atoms with Gasteiger partial charge in [-0.05, 0) is 12.2 Å². The quantitative estimate of drug-likeness (QED) is 0.352. The largest absolute Gasteiger partial charge is 0.370 e. The Kier molecular flexibility index (Phi) is 5.98. The van der Waals surface area contributed by atoms with E-state index >= 15 is 0 Å². The lowest BCUT2D eigenvalue weighted by molar-refractivity contribution is 0.168. The lowest BCUT2D eigenvalue weighted by Crippen LogP contribution is -2.49. The fraction of sp³-hybridized carbons (Fsp3) is 0.167. The number of hydrogen-bond acceptors (Lipinski definition) is 6. The van der Waals surface area contributed by atoms with E-state index in [4.69, 9.17) is 5.73 Å². The molecule has 0 saturated heterocycles. The summed E-state index contributed by atoms with van der Waals surface area (Å²) < 4.78 is 0. The van der Waals surface area contributed by atoms with Crippen molar-refractivity contribution in [1.29, 1.82) is 0 Å². The summed E-state index contributed by atoms with van der Waals surface area (Å²) >= 11 is 0. The van der Waals surface area contributed by atoms with Gasteiger partial charge in [0.1, 0.15) is 24.2 Å². The third-order valence-electron chi connectivity index (χ3n) is 2.34. The lowest BCUT2D eigenvalue weighted by Gasteiger charge is -2.26. The molecule has 2 unspecified atom stereocenters. The number of nitrogens with two attached hydrogens (primary N) is 1. The molecule has 0 aromatic carbocycles. The molecule has 0 spiro atoms. The maximum Gasteiger partial charge on any atom is 0.327 e. The molecule has 0 aliphatic heterocycles. The van der Waals surface area contributed by atoms with Crippen LogP contribution in [0.5, 0.6) is 0 Å². The molecule has 10 heteroatoms. The molecule has 22 heavy (non-hydrogen) atoms. The van der Waals surface area contributed by atoms with E-state index in [0.29, 0.717) is 0 Å². The fourth-order valence-corrected chi connectivity index (χ4v) is 1.39. The number of carbonyl (C=O) groups excluding carboxylic acids is 2. The highest BCUT2D eigenvalue weighted by molar-refractivity contribution is 5.93. The minimum absolute atomic E-state index is 0.0239. The van der Waals surface area contributed by atoms with E-state index in [1.165, 1.54) is 6.07 Å². The van der Waals surface area contributed by atoms with Gasteiger partial charge in [-0.25, -0.2) is 24.5 Å². The van der Waals surface area contributed by atoms with E-state index in [-0.39, 0.29) is 11.6 Å². The van der Waals surface area contributed by atoms with Crippen molar-refractivity contribution in [2.24, 2.45) is 5.73 Å². The summed E-state index contributed by atoms with van der Waals surface area (Å²) in [6, 6.07) is -0.521. The summed E-state index contributed by atoms with van der Waals surface area (Å²) in [7, 11) is 0. The van der Waals surface area contributed by atoms with Crippen LogP contribution in [0.25, 0.3) is 0 Å². The topological polar surface area (TPSA) is 154 Å². The van der Waals surface area contributed by atoms with Crippen molar-refractivity contribution in [2.75, 3.05) is 10.2 Å². The first-order valence-electron chi connectivity index (χ1n) is 5.98. The smallest absolute Gasteiger partial charge is 0.327 e. The molecule has 0 fully saturated rings. The standard InChI is InChI=1S/C12H16N6O4/c1-3-9(19)17-12(22)18(10(20)4-2)8-5-7(14-6-15-8)16-11(13)21/h3-6,9-10,19-20H,1-2H2,(H,17,22)(H3,13,14,15,16,21). The maximum absolute atomic E-state index is 12.1. The van der Waals surface area contributed by atoms with Crippen LogP contribution in [0.15, 0.2) is 37.7 Å². The van der Waals surface area contributed by atoms with E-state index < -0.39 is 24.5 Å². The first kappa shape index (κ1) is 17.1. The number of primary amides is 1. The van der Waals surface area contributed by atoms with Gasteiger partial charge in [0, 0.05) is 6.07 Å². The van der Waals surface area contributed by atoms with Crippen LogP contribution < -0.4 is 21.3 Å². The number of rotatable bonds is 6. The van der Waals surface area contributed by atoms with Gasteiger partial charge in [0.25, 0.3) is 0 Å². The van der Waals surface area contributed by atoms with Crippen LogP contribution in [-0.4, -0.2) is 44.7 Å². The zero-order chi connectivity index (χ0) is 16.7. The highest BCUT2D eigenvalue weighted by atomic mass is 16.3. The van der Waals surface area contributed by atoms with Gasteiger partial charge in [-0.15, -0.1) is 0 Å². The van der Waals surface area contributed by atoms with E-state index in [1.54, 1.807) is 0 Å². The molecule has 2 atom stereocenters. The Morgan fingerprint density at radius 2 is 2.00 bits per heavy atom. The molecular weight excluding hydrogens is 292 g/mol. The molecule has 118 valence electrons. The van der Waals surface area contributed by atoms with Crippen molar-refractivity contribution >= 4 is 23.7 Å². The third-order valence-corrected chi connectivity index (χ3v) is 2.34. The SMILES string of the molecule is C=CC(O)NC(=O)N(c1cc(NC(N)=O)ncn1)C(O)C=C. The molecular formula is C12H16N6O4. The Balaban J connectivity index is 3.11. The first-order valence-corrected chi connectivity index (χ1v) is 5.98. The zero-order valence-corrected chi connectivity index (χ0v) is 11.5. The van der Waals surface area contributed by atoms with E-state index in [2.05, 4.69) is 33.8 Å². The summed E-state index contributed by atoms with van der Waals surface area (Å²) in [6.07, 6.45) is 0.450. The minimum atomic E-state index is -1.44. The molecule has 0 saturated carbocycles. The van der Waals surface area contributed by atoms with Crippen LogP contribution >= 0.6 is 0 Å². The van der Waals surface area contributed by atoms with Crippen LogP contribution in [0.1, 0.15) is 0 Å². The summed E-state index contributed by atoms with van der Waals surface area (Å²) in [5.41, 5.74) is 4.97. The van der Waals surface area contributed by atoms with E-state index in [9.17, 15) is 19.8 Å². The molecule has 6 N–H and O–H groups in total. The van der Waals surface area contributed by atoms with Crippen molar-refractivity contribution < 1.29 is 19.8 Å². The van der Waals surface area contributed by atoms with Gasteiger partial charge in [-0.2, -0.15) is 0 Å². The summed E-state index contributed by atoms with van der Waals surface area (Å²) in [6.45, 7) is 6.68. The number of anilines is 2. The van der Waals surface area contributed by atoms with E-state index in [1.807, 2.05) is 0 Å². The molecule has 0 aliphatic carbocycles. The van der Waals surface area contributed by atoms with Crippen LogP contribution in [0, 0.1) is 0 Å². The molecule has 1 heterocycles. The van der Waals surface area contributed by atoms with Gasteiger partial charge in [0.15, 0.2) is 6.23 Å². The molecule has 10 nitrogen and oxygen atoms in total. The van der Waals surface area contributed by atoms with Crippen molar-refractivity contribution in [3.8, 4) is 0 Å². The van der Waals surface area contributed by atoms with Crippen molar-refractivity contribution in [1.82, 2.24) is 15.3 Å². The van der Waals surface area contributed by atoms with Crippen LogP contribution in [0.3, 0.4) is 0 Å². The molecule has 1 aromatic heterocycles. The molecule has 0 aliphatic rings. The number of nitrogens with zero attached hydrogens (tertiary/aromatic N) is 3. The van der Waals surface area contributed by atoms with Gasteiger partial charge in [-0.1, -0.05) is 13.2 Å². The van der Waals surface area contributed by atoms with Crippen LogP contribution in [0.2, 0.25) is 0 Å². The summed E-state index contributed by atoms with van der Waals surface area (Å²) in [4.78, 5) is 31.2. The number of carbonyl (C=O) groups is 2. The second-order valence-corrected chi connectivity index (χ2v) is 3.90. The zero-order valence-electron chi connectivity index (χ0n) is 11.5. The number of nitrogens with one attached hydrogen (secondary N) is 2. The van der Waals surface area contributed by atoms with Gasteiger partial charge in [-0.3, -0.25) is 5.32 Å². The van der Waals surface area contributed by atoms with Gasteiger partial charge in [0.2, 0.25) is 0 Å². The second kappa shape index (κ2) is 7.71. The molecule has 4 amide bonds. The highest BCUT2D eigenvalue weighted by Crippen LogP contribution is 2.17. The molecule has 1 rings (SSSR count). The Hall–Kier alpha value is -2.98. The monoisotopic (exact) mass is 308 g/mol. The number of aliphatic hydroxyl groups is 2. The van der Waals surface area contributed by atoms with Crippen LogP contribution in [0.4, 0.5) is 21.2 Å². The predicted molar refractivity (Wildman–Crippen MR) is 78.7 cm³/mol. The first-order chi connectivity index (χ1) is 10.4. The number of aromatic nitrogens is 2. The van der Waals surface area contributed by atoms with Gasteiger partial charge >= 0.3 is 12.1 Å². The fourth-order valence-electron chi connectivity index (χ4n) is 1.39. The normalized spacial score (nSPS) is 12.6.